The Hall–Kier alpha value is -1.71. The summed E-state index contributed by atoms with van der Waals surface area (Å²) in [6, 6.07) is 13.9. The van der Waals surface area contributed by atoms with E-state index < -0.39 is 29.7 Å². The quantitative estimate of drug-likeness (QED) is 0.187. The van der Waals surface area contributed by atoms with Crippen molar-refractivity contribution in [3.05, 3.63) is 64.2 Å². The second kappa shape index (κ2) is 15.8. The van der Waals surface area contributed by atoms with Gasteiger partial charge in [0, 0.05) is 30.4 Å². The maximum Gasteiger partial charge on any atom is 0.225 e. The van der Waals surface area contributed by atoms with Crippen molar-refractivity contribution in [3.63, 3.8) is 0 Å². The average Bonchev–Trinajstić information content (AvgIpc) is 3.36. The van der Waals surface area contributed by atoms with Crippen LogP contribution in [0.5, 0.6) is 5.75 Å². The first-order valence-electron chi connectivity index (χ1n) is 15.8. The van der Waals surface area contributed by atoms with Crippen LogP contribution in [0.3, 0.4) is 0 Å². The van der Waals surface area contributed by atoms with Crippen LogP contribution in [0, 0.1) is 0 Å². The van der Waals surface area contributed by atoms with Gasteiger partial charge in [0.05, 0.1) is 19.8 Å². The lowest BCUT2D eigenvalue weighted by Crippen LogP contribution is -2.67. The van der Waals surface area contributed by atoms with E-state index in [0.29, 0.717) is 37.9 Å². The van der Waals surface area contributed by atoms with Gasteiger partial charge in [-0.05, 0) is 68.0 Å². The van der Waals surface area contributed by atoms with E-state index in [2.05, 4.69) is 32.9 Å². The van der Waals surface area contributed by atoms with Gasteiger partial charge in [-0.1, -0.05) is 69.8 Å². The molecular weight excluding hydrogens is 556 g/mol. The van der Waals surface area contributed by atoms with Crippen molar-refractivity contribution in [1.29, 1.82) is 0 Å². The number of fused-ring (bicyclic) bond motifs is 2. The number of unbranched alkanes of at least 4 members (excludes halogenated alkanes) is 3. The van der Waals surface area contributed by atoms with E-state index >= 15 is 0 Å². The molecule has 4 rings (SSSR count). The highest BCUT2D eigenvalue weighted by Crippen LogP contribution is 2.52. The summed E-state index contributed by atoms with van der Waals surface area (Å²) in [5.74, 6) is -0.442. The Morgan fingerprint density at radius 3 is 2.12 bits per heavy atom. The Bertz CT molecular complexity index is 1100. The van der Waals surface area contributed by atoms with Gasteiger partial charge >= 0.3 is 0 Å². The summed E-state index contributed by atoms with van der Waals surface area (Å²) in [5, 5.41) is 11.4. The molecule has 0 amide bonds. The molecule has 2 aliphatic heterocycles. The molecule has 0 spiro atoms. The lowest BCUT2D eigenvalue weighted by molar-refractivity contribution is -0.349. The predicted octanol–water partition coefficient (Wildman–Crippen LogP) is 6.83. The summed E-state index contributed by atoms with van der Waals surface area (Å²) in [5.41, 5.74) is 1.77. The Morgan fingerprint density at radius 2 is 1.50 bits per heavy atom. The standard InChI is InChI=1S/C34H49ClO7/c1-5-9-18-38-30-31(39-19-10-6-2)33(23-36)24-41-34(42-33,32(30)40-20-11-7-3)27-14-17-29(35)26(22-27)21-25-12-15-28(16-13-25)37-8-4/h12-17,22,30-32,36H,5-11,18-21,23-24H2,1-4H3/t30-,31-,32+,33-,34-/m0/s1. The lowest BCUT2D eigenvalue weighted by atomic mass is 9.83. The molecule has 1 N–H and O–H groups in total. The van der Waals surface area contributed by atoms with Gasteiger partial charge in [0.1, 0.15) is 29.7 Å². The van der Waals surface area contributed by atoms with E-state index in [0.717, 1.165) is 61.0 Å². The molecule has 2 heterocycles. The smallest absolute Gasteiger partial charge is 0.225 e. The number of aliphatic hydroxyl groups is 1. The summed E-state index contributed by atoms with van der Waals surface area (Å²) >= 11 is 6.74. The number of ether oxygens (including phenoxy) is 6. The first-order chi connectivity index (χ1) is 20.5. The molecule has 8 heteroatoms. The van der Waals surface area contributed by atoms with Gasteiger partial charge in [-0.2, -0.15) is 0 Å². The number of aliphatic hydroxyl groups excluding tert-OH is 1. The van der Waals surface area contributed by atoms with Crippen LogP contribution in [0.4, 0.5) is 0 Å². The lowest BCUT2D eigenvalue weighted by Gasteiger charge is -2.50. The summed E-state index contributed by atoms with van der Waals surface area (Å²) in [6.45, 7) is 10.5. The van der Waals surface area contributed by atoms with Gasteiger partial charge < -0.3 is 33.5 Å². The molecule has 2 bridgehead atoms. The zero-order valence-corrected chi connectivity index (χ0v) is 26.5. The summed E-state index contributed by atoms with van der Waals surface area (Å²) in [7, 11) is 0. The molecule has 2 aromatic rings. The number of benzene rings is 2. The molecule has 0 aromatic heterocycles. The van der Waals surface area contributed by atoms with Crippen molar-refractivity contribution >= 4 is 11.6 Å². The van der Waals surface area contributed by atoms with Gasteiger partial charge in [-0.25, -0.2) is 0 Å². The molecule has 0 aliphatic carbocycles. The van der Waals surface area contributed by atoms with Gasteiger partial charge in [0.15, 0.2) is 0 Å². The summed E-state index contributed by atoms with van der Waals surface area (Å²) in [6.07, 6.45) is 4.70. The first-order valence-corrected chi connectivity index (χ1v) is 16.1. The van der Waals surface area contributed by atoms with Crippen molar-refractivity contribution < 1.29 is 33.5 Å². The molecule has 2 aliphatic rings. The highest BCUT2D eigenvalue weighted by molar-refractivity contribution is 6.31. The summed E-state index contributed by atoms with van der Waals surface area (Å²) in [4.78, 5) is 0. The first kappa shape index (κ1) is 33.2. The molecule has 0 radical (unpaired) electrons. The zero-order chi connectivity index (χ0) is 30.0. The van der Waals surface area contributed by atoms with Crippen molar-refractivity contribution in [1.82, 2.24) is 0 Å². The van der Waals surface area contributed by atoms with Crippen molar-refractivity contribution in [3.8, 4) is 5.75 Å². The van der Waals surface area contributed by atoms with Crippen molar-refractivity contribution in [2.75, 3.05) is 39.6 Å². The van der Waals surface area contributed by atoms with Crippen LogP contribution in [0.1, 0.15) is 82.9 Å². The Labute approximate surface area is 256 Å². The van der Waals surface area contributed by atoms with Crippen LogP contribution in [0.15, 0.2) is 42.5 Å². The van der Waals surface area contributed by atoms with Crippen LogP contribution >= 0.6 is 11.6 Å². The molecule has 7 nitrogen and oxygen atoms in total. The number of hydrogen-bond donors (Lipinski definition) is 1. The third kappa shape index (κ3) is 7.32. The maximum atomic E-state index is 10.8. The molecule has 2 saturated heterocycles. The fraction of sp³-hybridized carbons (Fsp3) is 0.647. The van der Waals surface area contributed by atoms with E-state index in [-0.39, 0.29) is 13.2 Å². The van der Waals surface area contributed by atoms with Crippen LogP contribution < -0.4 is 4.74 Å². The molecule has 234 valence electrons. The molecule has 5 atom stereocenters. The molecular formula is C34H49ClO7. The number of rotatable bonds is 18. The minimum absolute atomic E-state index is 0.165. The summed E-state index contributed by atoms with van der Waals surface area (Å²) < 4.78 is 38.7. The zero-order valence-electron chi connectivity index (χ0n) is 25.7. The average molecular weight is 605 g/mol. The van der Waals surface area contributed by atoms with Crippen LogP contribution in [-0.4, -0.2) is 68.7 Å². The minimum atomic E-state index is -1.28. The molecule has 0 unspecified atom stereocenters. The monoisotopic (exact) mass is 604 g/mol. The number of hydrogen-bond acceptors (Lipinski definition) is 7. The van der Waals surface area contributed by atoms with Gasteiger partial charge in [0.2, 0.25) is 5.79 Å². The molecule has 2 aromatic carbocycles. The Morgan fingerprint density at radius 1 is 0.857 bits per heavy atom. The largest absolute Gasteiger partial charge is 0.494 e. The van der Waals surface area contributed by atoms with E-state index in [4.69, 9.17) is 40.0 Å². The van der Waals surface area contributed by atoms with Gasteiger partial charge in [0.25, 0.3) is 0 Å². The molecule has 42 heavy (non-hydrogen) atoms. The van der Waals surface area contributed by atoms with Gasteiger partial charge in [-0.15, -0.1) is 0 Å². The Balaban J connectivity index is 1.73. The minimum Gasteiger partial charge on any atom is -0.494 e. The second-order valence-corrected chi connectivity index (χ2v) is 11.7. The van der Waals surface area contributed by atoms with Crippen LogP contribution in [0.2, 0.25) is 5.02 Å². The van der Waals surface area contributed by atoms with Crippen LogP contribution in [-0.2, 0) is 35.9 Å². The molecule has 0 saturated carbocycles. The van der Waals surface area contributed by atoms with Gasteiger partial charge in [-0.3, -0.25) is 0 Å². The Kier molecular flexibility index (Phi) is 12.5. The highest BCUT2D eigenvalue weighted by Gasteiger charge is 2.69. The number of halogens is 1. The second-order valence-electron chi connectivity index (χ2n) is 11.3. The van der Waals surface area contributed by atoms with E-state index in [1.165, 1.54) is 0 Å². The highest BCUT2D eigenvalue weighted by atomic mass is 35.5. The topological polar surface area (TPSA) is 75.6 Å². The fourth-order valence-corrected chi connectivity index (χ4v) is 5.92. The maximum absolute atomic E-state index is 10.8. The van der Waals surface area contributed by atoms with E-state index in [9.17, 15) is 5.11 Å². The van der Waals surface area contributed by atoms with Crippen molar-refractivity contribution in [2.24, 2.45) is 0 Å². The normalized spacial score (nSPS) is 27.0. The van der Waals surface area contributed by atoms with E-state index in [1.807, 2.05) is 37.3 Å². The third-order valence-electron chi connectivity index (χ3n) is 8.12. The van der Waals surface area contributed by atoms with E-state index in [1.54, 1.807) is 0 Å². The van der Waals surface area contributed by atoms with Crippen molar-refractivity contribution in [2.45, 2.75) is 102 Å². The van der Waals surface area contributed by atoms with Crippen LogP contribution in [0.25, 0.3) is 0 Å². The molecule has 2 fully saturated rings. The fourth-order valence-electron chi connectivity index (χ4n) is 5.74. The SMILES string of the molecule is CCCCO[C@@H]1[C@@H](OCCCC)[C@@]2(c3ccc(Cl)c(Cc4ccc(OCC)cc4)c3)OC[C@](CO)(O2)[C@H]1OCCCC. The third-order valence-corrected chi connectivity index (χ3v) is 8.49. The predicted molar refractivity (Wildman–Crippen MR) is 164 cm³/mol.